The average molecular weight is 441 g/mol. The molecule has 0 spiro atoms. The van der Waals surface area contributed by atoms with E-state index in [1.165, 1.54) is 0 Å². The van der Waals surface area contributed by atoms with Crippen molar-refractivity contribution in [1.29, 1.82) is 0 Å². The predicted octanol–water partition coefficient (Wildman–Crippen LogP) is 3.20. The lowest BCUT2D eigenvalue weighted by molar-refractivity contribution is 0.143. The Morgan fingerprint density at radius 2 is 1.97 bits per heavy atom. The van der Waals surface area contributed by atoms with Crippen LogP contribution in [-0.2, 0) is 11.3 Å². The number of guanidine groups is 1. The molecule has 1 aromatic heterocycles. The van der Waals surface area contributed by atoms with Crippen LogP contribution in [0.25, 0.3) is 0 Å². The van der Waals surface area contributed by atoms with Crippen LogP contribution in [0.4, 0.5) is 0 Å². The van der Waals surface area contributed by atoms with Gasteiger partial charge >= 0.3 is 0 Å². The molecule has 2 rings (SSSR count). The fourth-order valence-corrected chi connectivity index (χ4v) is 3.02. The summed E-state index contributed by atoms with van der Waals surface area (Å²) in [6, 6.07) is 8.73. The van der Waals surface area contributed by atoms with Gasteiger partial charge in [0.1, 0.15) is 6.61 Å². The molecule has 1 aromatic carbocycles. The highest BCUT2D eigenvalue weighted by Crippen LogP contribution is 2.23. The smallest absolute Gasteiger partial charge is 0.218 e. The second-order valence-electron chi connectivity index (χ2n) is 6.10. The first kappa shape index (κ1) is 23.2. The molecule has 1 heterocycles. The van der Waals surface area contributed by atoms with Crippen molar-refractivity contribution >= 4 is 29.2 Å². The molecular weight excluding hydrogens is 415 g/mol. The zero-order valence-electron chi connectivity index (χ0n) is 16.5. The molecule has 29 heavy (non-hydrogen) atoms. The van der Waals surface area contributed by atoms with E-state index >= 15 is 0 Å². The van der Waals surface area contributed by atoms with Crippen LogP contribution in [0.1, 0.15) is 24.2 Å². The molecule has 3 N–H and O–H groups in total. The summed E-state index contributed by atoms with van der Waals surface area (Å²) in [6.45, 7) is 4.14. The number of methoxy groups -OCH3 is 1. The van der Waals surface area contributed by atoms with Gasteiger partial charge in [-0.25, -0.2) is 9.98 Å². The molecule has 0 saturated carbocycles. The first-order valence-electron chi connectivity index (χ1n) is 9.25. The molecule has 0 aliphatic carbocycles. The van der Waals surface area contributed by atoms with Gasteiger partial charge in [-0.1, -0.05) is 29.3 Å². The Kier molecular flexibility index (Phi) is 10.0. The molecule has 0 aliphatic rings. The number of aliphatic imine (C=N–C) groups is 1. The van der Waals surface area contributed by atoms with Gasteiger partial charge in [0.05, 0.1) is 19.3 Å². The van der Waals surface area contributed by atoms with Crippen LogP contribution in [0.3, 0.4) is 0 Å². The first-order valence-corrected chi connectivity index (χ1v) is 10.0. The second-order valence-corrected chi connectivity index (χ2v) is 6.98. The summed E-state index contributed by atoms with van der Waals surface area (Å²) in [4.78, 5) is 8.81. The molecule has 0 bridgehead atoms. The molecule has 2 aromatic rings. The van der Waals surface area contributed by atoms with Crippen molar-refractivity contribution in [1.82, 2.24) is 15.6 Å². The number of aliphatic hydroxyl groups excluding tert-OH is 1. The summed E-state index contributed by atoms with van der Waals surface area (Å²) in [5.41, 5.74) is 1.48. The zero-order valence-corrected chi connectivity index (χ0v) is 18.0. The summed E-state index contributed by atoms with van der Waals surface area (Å²) in [5, 5.41) is 17.7. The maximum Gasteiger partial charge on any atom is 0.218 e. The lowest BCUT2D eigenvalue weighted by atomic mass is 10.1. The van der Waals surface area contributed by atoms with Gasteiger partial charge in [0.2, 0.25) is 5.88 Å². The third-order valence-electron chi connectivity index (χ3n) is 3.86. The van der Waals surface area contributed by atoms with Gasteiger partial charge in [0.25, 0.3) is 0 Å². The molecule has 0 saturated heterocycles. The predicted molar refractivity (Wildman–Crippen MR) is 116 cm³/mol. The molecular formula is C20H26Cl2N4O3. The van der Waals surface area contributed by atoms with Gasteiger partial charge in [0.15, 0.2) is 5.96 Å². The van der Waals surface area contributed by atoms with Crippen molar-refractivity contribution in [2.45, 2.75) is 19.6 Å². The van der Waals surface area contributed by atoms with Crippen molar-refractivity contribution in [3.63, 3.8) is 0 Å². The van der Waals surface area contributed by atoms with Gasteiger partial charge in [-0.3, -0.25) is 0 Å². The van der Waals surface area contributed by atoms with E-state index in [4.69, 9.17) is 32.7 Å². The molecule has 0 amide bonds. The minimum absolute atomic E-state index is 0.243. The summed E-state index contributed by atoms with van der Waals surface area (Å²) < 4.78 is 10.6. The van der Waals surface area contributed by atoms with E-state index in [-0.39, 0.29) is 6.54 Å². The van der Waals surface area contributed by atoms with Crippen LogP contribution in [-0.4, -0.2) is 49.5 Å². The van der Waals surface area contributed by atoms with Crippen molar-refractivity contribution in [2.24, 2.45) is 4.99 Å². The number of benzene rings is 1. The number of rotatable bonds is 10. The van der Waals surface area contributed by atoms with E-state index in [9.17, 15) is 5.11 Å². The van der Waals surface area contributed by atoms with Crippen molar-refractivity contribution in [3.05, 3.63) is 57.7 Å². The van der Waals surface area contributed by atoms with Crippen LogP contribution in [0.5, 0.6) is 5.88 Å². The molecule has 9 heteroatoms. The van der Waals surface area contributed by atoms with Crippen molar-refractivity contribution in [3.8, 4) is 5.88 Å². The number of nitrogens with zero attached hydrogens (tertiary/aromatic N) is 2. The maximum atomic E-state index is 10.4. The molecule has 158 valence electrons. The number of hydrogen-bond acceptors (Lipinski definition) is 5. The summed E-state index contributed by atoms with van der Waals surface area (Å²) in [6.07, 6.45) is 0.882. The number of halogens is 2. The van der Waals surface area contributed by atoms with Gasteiger partial charge in [-0.2, -0.15) is 0 Å². The number of pyridine rings is 1. The topological polar surface area (TPSA) is 88.0 Å². The molecule has 0 radical (unpaired) electrons. The fraction of sp³-hybridized carbons (Fsp3) is 0.400. The largest absolute Gasteiger partial charge is 0.475 e. The third kappa shape index (κ3) is 8.06. The first-order chi connectivity index (χ1) is 14.0. The van der Waals surface area contributed by atoms with Crippen molar-refractivity contribution < 1.29 is 14.6 Å². The minimum Gasteiger partial charge on any atom is -0.475 e. The third-order valence-corrected chi connectivity index (χ3v) is 4.30. The highest BCUT2D eigenvalue weighted by molar-refractivity contribution is 6.34. The van der Waals surface area contributed by atoms with E-state index in [0.29, 0.717) is 53.8 Å². The number of nitrogens with one attached hydrogen (secondary N) is 2. The van der Waals surface area contributed by atoms with E-state index in [1.54, 1.807) is 31.5 Å². The SMILES string of the molecule is CCNC(=NCc1cccnc1OCCOC)NCC(O)c1cc(Cl)cc(Cl)c1. The Hall–Kier alpha value is -2.06. The summed E-state index contributed by atoms with van der Waals surface area (Å²) in [5.74, 6) is 1.09. The van der Waals surface area contributed by atoms with E-state index in [1.807, 2.05) is 19.1 Å². The number of aliphatic hydroxyl groups is 1. The van der Waals surface area contributed by atoms with E-state index in [2.05, 4.69) is 20.6 Å². The second kappa shape index (κ2) is 12.5. The van der Waals surface area contributed by atoms with E-state index < -0.39 is 6.10 Å². The minimum atomic E-state index is -0.790. The van der Waals surface area contributed by atoms with Crippen LogP contribution in [0.2, 0.25) is 10.0 Å². The highest BCUT2D eigenvalue weighted by atomic mass is 35.5. The van der Waals surface area contributed by atoms with Crippen molar-refractivity contribution in [2.75, 3.05) is 33.4 Å². The maximum absolute atomic E-state index is 10.4. The van der Waals surface area contributed by atoms with Gasteiger partial charge in [0, 0.05) is 42.0 Å². The Bertz CT molecular complexity index is 785. The lowest BCUT2D eigenvalue weighted by Gasteiger charge is -2.16. The summed E-state index contributed by atoms with van der Waals surface area (Å²) >= 11 is 12.0. The quantitative estimate of drug-likeness (QED) is 0.298. The van der Waals surface area contributed by atoms with Crippen LogP contribution >= 0.6 is 23.2 Å². The lowest BCUT2D eigenvalue weighted by Crippen LogP contribution is -2.39. The van der Waals surface area contributed by atoms with Gasteiger partial charge < -0.3 is 25.2 Å². The molecule has 0 aliphatic heterocycles. The monoisotopic (exact) mass is 440 g/mol. The highest BCUT2D eigenvalue weighted by Gasteiger charge is 2.11. The van der Waals surface area contributed by atoms with Crippen LogP contribution in [0, 0.1) is 0 Å². The molecule has 1 unspecified atom stereocenters. The zero-order chi connectivity index (χ0) is 21.1. The number of aromatic nitrogens is 1. The average Bonchev–Trinajstić information content (AvgIpc) is 2.70. The summed E-state index contributed by atoms with van der Waals surface area (Å²) in [7, 11) is 1.62. The Morgan fingerprint density at radius 3 is 2.66 bits per heavy atom. The van der Waals surface area contributed by atoms with E-state index in [0.717, 1.165) is 5.56 Å². The number of hydrogen-bond donors (Lipinski definition) is 3. The standard InChI is InChI=1S/C20H26Cl2N4O3/c1-3-23-20(26-13-18(27)15-9-16(21)11-17(22)10-15)25-12-14-5-4-6-24-19(14)29-8-7-28-2/h4-6,9-11,18,27H,3,7-8,12-13H2,1-2H3,(H2,23,25,26). The normalized spacial score (nSPS) is 12.5. The molecule has 1 atom stereocenters. The Balaban J connectivity index is 2.01. The Morgan fingerprint density at radius 1 is 1.21 bits per heavy atom. The fourth-order valence-electron chi connectivity index (χ4n) is 2.48. The number of ether oxygens (including phenoxy) is 2. The molecule has 7 nitrogen and oxygen atoms in total. The Labute approximate surface area is 181 Å². The van der Waals surface area contributed by atoms with Gasteiger partial charge in [-0.15, -0.1) is 0 Å². The van der Waals surface area contributed by atoms with Crippen LogP contribution < -0.4 is 15.4 Å². The van der Waals surface area contributed by atoms with Gasteiger partial charge in [-0.05, 0) is 36.8 Å². The molecule has 0 fully saturated rings. The van der Waals surface area contributed by atoms with Crippen LogP contribution in [0.15, 0.2) is 41.5 Å².